The lowest BCUT2D eigenvalue weighted by atomic mass is 10.1. The molecular weight excluding hydrogens is 375 g/mol. The van der Waals surface area contributed by atoms with Crippen LogP contribution in [0.25, 0.3) is 5.65 Å². The third kappa shape index (κ3) is 3.22. The van der Waals surface area contributed by atoms with Crippen LogP contribution in [-0.4, -0.2) is 57.5 Å². The summed E-state index contributed by atoms with van der Waals surface area (Å²) in [6.45, 7) is 0.989. The average Bonchev–Trinajstić information content (AvgIpc) is 3.18. The molecule has 0 N–H and O–H groups in total. The van der Waals surface area contributed by atoms with Crippen molar-refractivity contribution < 1.29 is 26.3 Å². The van der Waals surface area contributed by atoms with Gasteiger partial charge in [0.05, 0.1) is 11.9 Å². The second kappa shape index (κ2) is 6.05. The minimum Gasteiger partial charge on any atom is -0.476 e. The van der Waals surface area contributed by atoms with Crippen molar-refractivity contribution in [3.05, 3.63) is 18.0 Å². The fourth-order valence-corrected chi connectivity index (χ4v) is 4.90. The summed E-state index contributed by atoms with van der Waals surface area (Å²) >= 11 is 0. The van der Waals surface area contributed by atoms with E-state index in [1.807, 2.05) is 0 Å². The van der Waals surface area contributed by atoms with Crippen molar-refractivity contribution >= 4 is 15.7 Å². The molecule has 2 aromatic rings. The lowest BCUT2D eigenvalue weighted by Gasteiger charge is -2.16. The van der Waals surface area contributed by atoms with E-state index in [1.165, 1.54) is 16.4 Å². The molecule has 1 saturated heterocycles. The fourth-order valence-electron chi connectivity index (χ4n) is 2.97. The number of ether oxygens (including phenoxy) is 1. The molecule has 0 radical (unpaired) electrons. The fraction of sp³-hybridized carbons (Fsp3) is 0.643. The van der Waals surface area contributed by atoms with Gasteiger partial charge in [-0.3, -0.25) is 0 Å². The molecule has 3 heterocycles. The van der Waals surface area contributed by atoms with Crippen molar-refractivity contribution in [2.45, 2.75) is 30.7 Å². The summed E-state index contributed by atoms with van der Waals surface area (Å²) in [6.07, 6.45) is -2.60. The van der Waals surface area contributed by atoms with Gasteiger partial charge in [0.15, 0.2) is 5.65 Å². The van der Waals surface area contributed by atoms with Crippen LogP contribution in [0.2, 0.25) is 0 Å². The van der Waals surface area contributed by atoms with Gasteiger partial charge < -0.3 is 4.74 Å². The molecule has 8 nitrogen and oxygen atoms in total. The molecule has 1 aliphatic carbocycles. The number of aromatic nitrogens is 4. The van der Waals surface area contributed by atoms with Crippen LogP contribution >= 0.6 is 0 Å². The number of hydrogen-bond acceptors (Lipinski definition) is 6. The molecule has 1 aliphatic heterocycles. The van der Waals surface area contributed by atoms with Gasteiger partial charge in [0.1, 0.15) is 0 Å². The minimum absolute atomic E-state index is 0.00583. The Morgan fingerprint density at radius 2 is 1.96 bits per heavy atom. The quantitative estimate of drug-likeness (QED) is 0.764. The van der Waals surface area contributed by atoms with Gasteiger partial charge in [-0.1, -0.05) is 0 Å². The Hall–Kier alpha value is -1.95. The van der Waals surface area contributed by atoms with Crippen LogP contribution < -0.4 is 4.74 Å². The van der Waals surface area contributed by atoms with E-state index in [4.69, 9.17) is 4.74 Å². The molecule has 2 aliphatic rings. The summed E-state index contributed by atoms with van der Waals surface area (Å²) in [5.74, 6) is -1.24. The van der Waals surface area contributed by atoms with Crippen molar-refractivity contribution in [2.24, 2.45) is 5.92 Å². The van der Waals surface area contributed by atoms with Crippen LogP contribution in [0.1, 0.15) is 25.1 Å². The Morgan fingerprint density at radius 1 is 1.19 bits per heavy atom. The largest absolute Gasteiger partial charge is 0.476 e. The molecule has 1 saturated carbocycles. The van der Waals surface area contributed by atoms with E-state index in [0.29, 0.717) is 36.9 Å². The predicted molar refractivity (Wildman–Crippen MR) is 82.9 cm³/mol. The van der Waals surface area contributed by atoms with Crippen molar-refractivity contribution in [3.63, 3.8) is 0 Å². The van der Waals surface area contributed by atoms with Crippen LogP contribution in [0.5, 0.6) is 5.88 Å². The van der Waals surface area contributed by atoms with Gasteiger partial charge in [0.2, 0.25) is 15.9 Å². The molecular formula is C14H16F3N5O3S. The second-order valence-corrected chi connectivity index (χ2v) is 8.74. The number of hydrogen-bond donors (Lipinski definition) is 0. The topological polar surface area (TPSA) is 89.7 Å². The molecule has 0 bridgehead atoms. The van der Waals surface area contributed by atoms with Crippen molar-refractivity contribution in [1.82, 2.24) is 24.1 Å². The van der Waals surface area contributed by atoms with Crippen molar-refractivity contribution in [1.29, 1.82) is 0 Å². The second-order valence-electron chi connectivity index (χ2n) is 6.53. The zero-order chi connectivity index (χ0) is 18.5. The van der Waals surface area contributed by atoms with Gasteiger partial charge in [-0.05, 0) is 25.3 Å². The van der Waals surface area contributed by atoms with Gasteiger partial charge in [-0.15, -0.1) is 15.3 Å². The Bertz CT molecular complexity index is 926. The van der Waals surface area contributed by atoms with Gasteiger partial charge in [0, 0.05) is 25.1 Å². The molecule has 12 heteroatoms. The summed E-state index contributed by atoms with van der Waals surface area (Å²) in [5, 5.41) is 10.1. The zero-order valence-electron chi connectivity index (χ0n) is 13.6. The lowest BCUT2D eigenvalue weighted by molar-refractivity contribution is -0.146. The van der Waals surface area contributed by atoms with E-state index in [-0.39, 0.29) is 29.3 Å². The number of halogens is 3. The first-order valence-corrected chi connectivity index (χ1v) is 9.67. The van der Waals surface area contributed by atoms with Crippen molar-refractivity contribution in [3.8, 4) is 5.88 Å². The first-order chi connectivity index (χ1) is 12.2. The van der Waals surface area contributed by atoms with Gasteiger partial charge in [-0.2, -0.15) is 17.7 Å². The highest BCUT2D eigenvalue weighted by Gasteiger charge is 2.42. The molecule has 2 aromatic heterocycles. The van der Waals surface area contributed by atoms with Gasteiger partial charge >= 0.3 is 6.18 Å². The molecule has 1 atom stereocenters. The van der Waals surface area contributed by atoms with Crippen LogP contribution in [0.15, 0.2) is 12.1 Å². The monoisotopic (exact) mass is 391 g/mol. The third-order valence-electron chi connectivity index (χ3n) is 4.51. The van der Waals surface area contributed by atoms with E-state index in [1.54, 1.807) is 0 Å². The standard InChI is InChI=1S/C14H16F3N5O3S/c15-14(16,17)13-19-18-11-3-4-12(20-22(11)13)25-8-9-5-6-21(7-9)26(23,24)10-1-2-10/h3-4,9-10H,1-2,5-8H2. The van der Waals surface area contributed by atoms with Crippen LogP contribution in [-0.2, 0) is 16.2 Å². The first kappa shape index (κ1) is 17.5. The summed E-state index contributed by atoms with van der Waals surface area (Å²) < 4.78 is 70.6. The van der Waals surface area contributed by atoms with E-state index in [2.05, 4.69) is 15.3 Å². The average molecular weight is 391 g/mol. The molecule has 1 unspecified atom stereocenters. The van der Waals surface area contributed by atoms with E-state index in [9.17, 15) is 21.6 Å². The molecule has 142 valence electrons. The highest BCUT2D eigenvalue weighted by Crippen LogP contribution is 2.34. The summed E-state index contributed by atoms with van der Waals surface area (Å²) in [5.41, 5.74) is -0.0350. The summed E-state index contributed by atoms with van der Waals surface area (Å²) in [7, 11) is -3.21. The van der Waals surface area contributed by atoms with Gasteiger partial charge in [0.25, 0.3) is 5.82 Å². The highest BCUT2D eigenvalue weighted by atomic mass is 32.2. The smallest absolute Gasteiger partial charge is 0.453 e. The predicted octanol–water partition coefficient (Wildman–Crippen LogP) is 1.34. The maximum Gasteiger partial charge on any atom is 0.453 e. The van der Waals surface area contributed by atoms with E-state index in [0.717, 1.165) is 0 Å². The maximum absolute atomic E-state index is 12.9. The lowest BCUT2D eigenvalue weighted by Crippen LogP contribution is -2.32. The number of fused-ring (bicyclic) bond motifs is 1. The third-order valence-corrected chi connectivity index (χ3v) is 6.88. The number of alkyl halides is 3. The number of nitrogens with zero attached hydrogens (tertiary/aromatic N) is 5. The number of rotatable bonds is 5. The van der Waals surface area contributed by atoms with Crippen LogP contribution in [0, 0.1) is 5.92 Å². The Labute approximate surface area is 147 Å². The zero-order valence-corrected chi connectivity index (χ0v) is 14.4. The van der Waals surface area contributed by atoms with Gasteiger partial charge in [-0.25, -0.2) is 12.7 Å². The van der Waals surface area contributed by atoms with Crippen LogP contribution in [0.4, 0.5) is 13.2 Å². The highest BCUT2D eigenvalue weighted by molar-refractivity contribution is 7.90. The van der Waals surface area contributed by atoms with E-state index >= 15 is 0 Å². The molecule has 0 amide bonds. The summed E-state index contributed by atoms with van der Waals surface area (Å²) in [6, 6.07) is 2.75. The molecule has 0 aromatic carbocycles. The minimum atomic E-state index is -4.67. The first-order valence-electron chi connectivity index (χ1n) is 8.16. The Kier molecular flexibility index (Phi) is 4.06. The molecule has 4 rings (SSSR count). The Morgan fingerprint density at radius 3 is 2.65 bits per heavy atom. The van der Waals surface area contributed by atoms with E-state index < -0.39 is 22.0 Å². The molecule has 0 spiro atoms. The SMILES string of the molecule is O=S(=O)(C1CC1)N1CCC(COc2ccc3nnc(C(F)(F)F)n3n2)C1. The summed E-state index contributed by atoms with van der Waals surface area (Å²) in [4.78, 5) is 0. The normalized spacial score (nSPS) is 22.2. The van der Waals surface area contributed by atoms with Crippen LogP contribution in [0.3, 0.4) is 0 Å². The molecule has 26 heavy (non-hydrogen) atoms. The maximum atomic E-state index is 12.9. The molecule has 2 fully saturated rings. The Balaban J connectivity index is 1.42. The number of sulfonamides is 1. The van der Waals surface area contributed by atoms with Crippen molar-refractivity contribution in [2.75, 3.05) is 19.7 Å².